The molecule has 0 saturated heterocycles. The van der Waals surface area contributed by atoms with Crippen molar-refractivity contribution in [3.8, 4) is 6.07 Å². The van der Waals surface area contributed by atoms with Crippen molar-refractivity contribution < 1.29 is 14.7 Å². The van der Waals surface area contributed by atoms with E-state index in [4.69, 9.17) is 10.4 Å². The molecule has 2 amide bonds. The third-order valence-corrected chi connectivity index (χ3v) is 2.76. The van der Waals surface area contributed by atoms with Crippen LogP contribution < -0.4 is 5.32 Å². The van der Waals surface area contributed by atoms with Gasteiger partial charge in [-0.3, -0.25) is 0 Å². The molecule has 0 rings (SSSR count). The molecule has 0 aromatic carbocycles. The summed E-state index contributed by atoms with van der Waals surface area (Å²) < 4.78 is 0. The van der Waals surface area contributed by atoms with E-state index < -0.39 is 23.5 Å². The lowest BCUT2D eigenvalue weighted by Crippen LogP contribution is -2.53. The molecular weight excluding hydrogens is 246 g/mol. The molecule has 0 saturated carbocycles. The predicted octanol–water partition coefficient (Wildman–Crippen LogP) is 1.68. The number of urea groups is 1. The van der Waals surface area contributed by atoms with Crippen LogP contribution in [0.4, 0.5) is 4.79 Å². The Labute approximate surface area is 114 Å². The van der Waals surface area contributed by atoms with Crippen LogP contribution in [0.2, 0.25) is 0 Å². The maximum absolute atomic E-state index is 12.0. The minimum absolute atomic E-state index is 0.287. The number of carboxylic acid groups (broad SMARTS) is 1. The highest BCUT2D eigenvalue weighted by Crippen LogP contribution is 2.19. The molecule has 0 aliphatic carbocycles. The Hall–Kier alpha value is -1.77. The molecule has 0 aliphatic heterocycles. The van der Waals surface area contributed by atoms with Crippen molar-refractivity contribution in [3.05, 3.63) is 0 Å². The van der Waals surface area contributed by atoms with E-state index >= 15 is 0 Å². The maximum atomic E-state index is 12.0. The molecule has 0 heterocycles. The van der Waals surface area contributed by atoms with Crippen LogP contribution in [0.25, 0.3) is 0 Å². The van der Waals surface area contributed by atoms with E-state index in [2.05, 4.69) is 11.4 Å². The first-order valence-electron chi connectivity index (χ1n) is 6.31. The number of hydrogen-bond donors (Lipinski definition) is 2. The molecule has 0 aliphatic rings. The van der Waals surface area contributed by atoms with Gasteiger partial charge in [0.05, 0.1) is 12.0 Å². The lowest BCUT2D eigenvalue weighted by atomic mass is 9.87. The number of nitrogens with zero attached hydrogens (tertiary/aromatic N) is 2. The van der Waals surface area contributed by atoms with E-state index in [0.717, 1.165) is 0 Å². The second kappa shape index (κ2) is 6.98. The van der Waals surface area contributed by atoms with E-state index in [0.29, 0.717) is 6.54 Å². The van der Waals surface area contributed by atoms with E-state index in [1.165, 1.54) is 4.90 Å². The van der Waals surface area contributed by atoms with E-state index in [-0.39, 0.29) is 12.5 Å². The average Bonchev–Trinajstić information content (AvgIpc) is 2.30. The Kier molecular flexibility index (Phi) is 6.33. The molecular formula is C13H23N3O3. The van der Waals surface area contributed by atoms with Crippen LogP contribution in [0.3, 0.4) is 0 Å². The Morgan fingerprint density at radius 3 is 2.26 bits per heavy atom. The van der Waals surface area contributed by atoms with Crippen molar-refractivity contribution >= 4 is 12.0 Å². The molecule has 0 fully saturated rings. The van der Waals surface area contributed by atoms with E-state index in [1.807, 2.05) is 0 Å². The molecule has 108 valence electrons. The van der Waals surface area contributed by atoms with E-state index in [1.54, 1.807) is 34.6 Å². The number of amides is 2. The zero-order valence-electron chi connectivity index (χ0n) is 12.2. The molecule has 2 N–H and O–H groups in total. The normalized spacial score (nSPS) is 14.1. The molecule has 0 radical (unpaired) electrons. The van der Waals surface area contributed by atoms with Crippen molar-refractivity contribution in [1.82, 2.24) is 10.2 Å². The Balaban J connectivity index is 4.80. The van der Waals surface area contributed by atoms with Gasteiger partial charge in [-0.2, -0.15) is 5.26 Å². The van der Waals surface area contributed by atoms with Gasteiger partial charge < -0.3 is 15.3 Å². The van der Waals surface area contributed by atoms with Crippen molar-refractivity contribution in [2.45, 2.75) is 40.7 Å². The minimum Gasteiger partial charge on any atom is -0.480 e. The fourth-order valence-electron chi connectivity index (χ4n) is 1.59. The van der Waals surface area contributed by atoms with Gasteiger partial charge >= 0.3 is 12.0 Å². The van der Waals surface area contributed by atoms with Gasteiger partial charge in [0.1, 0.15) is 6.04 Å². The van der Waals surface area contributed by atoms with Gasteiger partial charge in [0.15, 0.2) is 0 Å². The second-order valence-corrected chi connectivity index (χ2v) is 5.66. The van der Waals surface area contributed by atoms with Crippen LogP contribution in [0.15, 0.2) is 0 Å². The lowest BCUT2D eigenvalue weighted by Gasteiger charge is -2.31. The Morgan fingerprint density at radius 2 is 1.95 bits per heavy atom. The van der Waals surface area contributed by atoms with Gasteiger partial charge in [0.2, 0.25) is 0 Å². The van der Waals surface area contributed by atoms with Crippen LogP contribution in [0, 0.1) is 22.7 Å². The highest BCUT2D eigenvalue weighted by Gasteiger charge is 2.33. The number of carbonyl (C=O) groups excluding carboxylic acids is 1. The summed E-state index contributed by atoms with van der Waals surface area (Å²) in [7, 11) is 0. The standard InChI is InChI=1S/C13H23N3O3/c1-6-16(8-9(2)7-14)12(19)15-10(11(17)18)13(3,4)5/h9-10H,6,8H2,1-5H3,(H,15,19)(H,17,18). The monoisotopic (exact) mass is 269 g/mol. The van der Waals surface area contributed by atoms with Gasteiger partial charge in [-0.1, -0.05) is 20.8 Å². The minimum atomic E-state index is -1.06. The molecule has 0 bridgehead atoms. The molecule has 0 aromatic rings. The van der Waals surface area contributed by atoms with Gasteiger partial charge in [-0.05, 0) is 19.3 Å². The summed E-state index contributed by atoms with van der Waals surface area (Å²) in [5.41, 5.74) is -0.582. The SMILES string of the molecule is CCN(CC(C)C#N)C(=O)NC(C(=O)O)C(C)(C)C. The quantitative estimate of drug-likeness (QED) is 0.794. The highest BCUT2D eigenvalue weighted by atomic mass is 16.4. The largest absolute Gasteiger partial charge is 0.480 e. The van der Waals surface area contributed by atoms with Crippen LogP contribution in [-0.2, 0) is 4.79 Å². The molecule has 0 aromatic heterocycles. The number of hydrogen-bond acceptors (Lipinski definition) is 3. The summed E-state index contributed by atoms with van der Waals surface area (Å²) >= 11 is 0. The zero-order valence-corrected chi connectivity index (χ0v) is 12.2. The maximum Gasteiger partial charge on any atom is 0.326 e. The number of aliphatic carboxylic acids is 1. The van der Waals surface area contributed by atoms with Crippen LogP contribution in [-0.4, -0.2) is 41.1 Å². The Bertz CT molecular complexity index is 368. The van der Waals surface area contributed by atoms with Gasteiger partial charge in [-0.25, -0.2) is 9.59 Å². The third-order valence-electron chi connectivity index (χ3n) is 2.76. The number of carboxylic acids is 1. The fraction of sp³-hybridized carbons (Fsp3) is 0.769. The number of nitriles is 1. The first-order valence-corrected chi connectivity index (χ1v) is 6.31. The molecule has 6 heteroatoms. The molecule has 6 nitrogen and oxygen atoms in total. The van der Waals surface area contributed by atoms with Gasteiger partial charge in [-0.15, -0.1) is 0 Å². The summed E-state index contributed by atoms with van der Waals surface area (Å²) in [6.45, 7) is 9.47. The molecule has 2 unspecified atom stereocenters. The topological polar surface area (TPSA) is 93.4 Å². The summed E-state index contributed by atoms with van der Waals surface area (Å²) in [6.07, 6.45) is 0. The zero-order chi connectivity index (χ0) is 15.2. The summed E-state index contributed by atoms with van der Waals surface area (Å²) in [4.78, 5) is 24.7. The average molecular weight is 269 g/mol. The molecule has 2 atom stereocenters. The summed E-state index contributed by atoms with van der Waals surface area (Å²) in [6, 6.07) is 0.635. The van der Waals surface area contributed by atoms with Crippen LogP contribution in [0.1, 0.15) is 34.6 Å². The smallest absolute Gasteiger partial charge is 0.326 e. The Morgan fingerprint density at radius 1 is 1.42 bits per heavy atom. The number of rotatable bonds is 5. The third kappa shape index (κ3) is 5.60. The second-order valence-electron chi connectivity index (χ2n) is 5.66. The van der Waals surface area contributed by atoms with Crippen molar-refractivity contribution in [3.63, 3.8) is 0 Å². The first-order chi connectivity index (χ1) is 8.63. The van der Waals surface area contributed by atoms with Gasteiger partial charge in [0, 0.05) is 13.1 Å². The van der Waals surface area contributed by atoms with Crippen LogP contribution in [0.5, 0.6) is 0 Å². The first kappa shape index (κ1) is 17.2. The summed E-state index contributed by atoms with van der Waals surface area (Å²) in [5, 5.41) is 20.4. The van der Waals surface area contributed by atoms with E-state index in [9.17, 15) is 9.59 Å². The van der Waals surface area contributed by atoms with Crippen molar-refractivity contribution in [1.29, 1.82) is 5.26 Å². The number of carbonyl (C=O) groups is 2. The predicted molar refractivity (Wildman–Crippen MR) is 71.4 cm³/mol. The van der Waals surface area contributed by atoms with Crippen molar-refractivity contribution in [2.24, 2.45) is 11.3 Å². The van der Waals surface area contributed by atoms with Crippen LogP contribution >= 0.6 is 0 Å². The highest BCUT2D eigenvalue weighted by molar-refractivity contribution is 5.83. The number of nitrogens with one attached hydrogen (secondary N) is 1. The van der Waals surface area contributed by atoms with Gasteiger partial charge in [0.25, 0.3) is 0 Å². The molecule has 0 spiro atoms. The lowest BCUT2D eigenvalue weighted by molar-refractivity contribution is -0.142. The summed E-state index contributed by atoms with van der Waals surface area (Å²) in [5.74, 6) is -1.35. The van der Waals surface area contributed by atoms with Crippen molar-refractivity contribution in [2.75, 3.05) is 13.1 Å². The fourth-order valence-corrected chi connectivity index (χ4v) is 1.59. The molecule has 19 heavy (non-hydrogen) atoms.